The summed E-state index contributed by atoms with van der Waals surface area (Å²) in [6, 6.07) is 11.4. The van der Waals surface area contributed by atoms with Gasteiger partial charge in [0.2, 0.25) is 5.91 Å². The van der Waals surface area contributed by atoms with E-state index in [0.29, 0.717) is 49.6 Å². The summed E-state index contributed by atoms with van der Waals surface area (Å²) in [5.41, 5.74) is 1.31. The van der Waals surface area contributed by atoms with Crippen molar-refractivity contribution >= 4 is 39.3 Å². The zero-order valence-electron chi connectivity index (χ0n) is 18.5. The maximum atomic E-state index is 12.8. The summed E-state index contributed by atoms with van der Waals surface area (Å²) in [6.07, 6.45) is 2.76. The van der Waals surface area contributed by atoms with Gasteiger partial charge in [-0.05, 0) is 86.8 Å². The second kappa shape index (κ2) is 8.87. The molecule has 2 fully saturated rings. The topological polar surface area (TPSA) is 102 Å². The second-order valence-electron chi connectivity index (χ2n) is 9.02. The van der Waals surface area contributed by atoms with Crippen molar-refractivity contribution in [1.29, 1.82) is 0 Å². The second-order valence-corrected chi connectivity index (χ2v) is 11.0. The molecule has 2 aromatic rings. The fraction of sp³-hybridized carbons (Fsp3) is 0.417. The van der Waals surface area contributed by atoms with E-state index in [0.717, 1.165) is 24.3 Å². The molecule has 34 heavy (non-hydrogen) atoms. The maximum Gasteiger partial charge on any atom is 0.341 e. The van der Waals surface area contributed by atoms with Gasteiger partial charge in [-0.3, -0.25) is 14.5 Å². The lowest BCUT2D eigenvalue weighted by atomic mass is 9.73. The molecule has 0 atom stereocenters. The van der Waals surface area contributed by atoms with E-state index < -0.39 is 21.5 Å². The van der Waals surface area contributed by atoms with E-state index in [1.807, 2.05) is 12.1 Å². The van der Waals surface area contributed by atoms with Crippen LogP contribution in [0.4, 0.5) is 5.69 Å². The Bertz CT molecular complexity index is 1220. The molecular weight excluding hydrogens is 480 g/mol. The van der Waals surface area contributed by atoms with Gasteiger partial charge in [-0.2, -0.15) is 8.42 Å². The van der Waals surface area contributed by atoms with Crippen molar-refractivity contribution < 1.29 is 26.9 Å². The van der Waals surface area contributed by atoms with E-state index in [9.17, 15) is 18.0 Å². The van der Waals surface area contributed by atoms with Gasteiger partial charge in [0.1, 0.15) is 17.3 Å². The van der Waals surface area contributed by atoms with Crippen LogP contribution in [0.1, 0.15) is 31.2 Å². The Labute approximate surface area is 203 Å². The molecule has 10 heteroatoms. The van der Waals surface area contributed by atoms with Gasteiger partial charge < -0.3 is 14.2 Å². The number of amides is 1. The number of benzene rings is 2. The van der Waals surface area contributed by atoms with Crippen LogP contribution in [-0.4, -0.2) is 51.4 Å². The van der Waals surface area contributed by atoms with E-state index in [1.54, 1.807) is 18.2 Å². The monoisotopic (exact) mass is 504 g/mol. The molecule has 180 valence electrons. The van der Waals surface area contributed by atoms with Gasteiger partial charge >= 0.3 is 16.1 Å². The van der Waals surface area contributed by atoms with Crippen LogP contribution in [0.2, 0.25) is 5.02 Å². The Balaban J connectivity index is 1.12. The molecule has 1 saturated carbocycles. The molecule has 0 unspecified atom stereocenters. The summed E-state index contributed by atoms with van der Waals surface area (Å²) in [4.78, 5) is 26.6. The third kappa shape index (κ3) is 4.52. The number of ether oxygens (including phenoxy) is 1. The Hall–Kier alpha value is -2.62. The lowest BCUT2D eigenvalue weighted by molar-refractivity contribution is -0.135. The normalized spacial score (nSPS) is 19.5. The van der Waals surface area contributed by atoms with Crippen molar-refractivity contribution in [2.75, 3.05) is 31.6 Å². The molecular formula is C24H25ClN2O6S. The predicted molar refractivity (Wildman–Crippen MR) is 125 cm³/mol. The number of hydrogen-bond donors (Lipinski definition) is 1. The summed E-state index contributed by atoms with van der Waals surface area (Å²) < 4.78 is 34.9. The summed E-state index contributed by atoms with van der Waals surface area (Å²) >= 11 is 6.18. The molecule has 0 bridgehead atoms. The SMILES string of the molecule is O=C(OS(=O)(=O)c1ccc(OCCN2CCC3(CC2)C(=O)Nc2ccc(Cl)cc23)cc1)C1CC1. The number of fused-ring (bicyclic) bond motifs is 2. The molecule has 1 spiro atoms. The van der Waals surface area contributed by atoms with Crippen molar-refractivity contribution in [2.24, 2.45) is 5.92 Å². The number of halogens is 1. The summed E-state index contributed by atoms with van der Waals surface area (Å²) in [5.74, 6) is -0.416. The van der Waals surface area contributed by atoms with Crippen LogP contribution in [0.15, 0.2) is 47.4 Å². The molecule has 1 N–H and O–H groups in total. The minimum absolute atomic E-state index is 0.0403. The first-order valence-electron chi connectivity index (χ1n) is 11.3. The highest BCUT2D eigenvalue weighted by molar-refractivity contribution is 7.87. The third-order valence-corrected chi connectivity index (χ3v) is 8.25. The molecule has 0 aromatic heterocycles. The van der Waals surface area contributed by atoms with Gasteiger partial charge in [-0.15, -0.1) is 0 Å². The lowest BCUT2D eigenvalue weighted by Crippen LogP contribution is -2.47. The van der Waals surface area contributed by atoms with E-state index in [2.05, 4.69) is 14.4 Å². The minimum atomic E-state index is -4.11. The molecule has 2 aromatic carbocycles. The number of hydrogen-bond acceptors (Lipinski definition) is 7. The summed E-state index contributed by atoms with van der Waals surface area (Å²) in [5, 5.41) is 3.62. The minimum Gasteiger partial charge on any atom is -0.492 e. The van der Waals surface area contributed by atoms with E-state index in [1.165, 1.54) is 12.1 Å². The summed E-state index contributed by atoms with van der Waals surface area (Å²) in [7, 11) is -4.11. The summed E-state index contributed by atoms with van der Waals surface area (Å²) in [6.45, 7) is 2.61. The Morgan fingerprint density at radius 3 is 2.50 bits per heavy atom. The average molecular weight is 505 g/mol. The molecule has 5 rings (SSSR count). The fourth-order valence-corrected chi connectivity index (χ4v) is 5.67. The molecule has 0 radical (unpaired) electrons. The first-order valence-corrected chi connectivity index (χ1v) is 13.1. The van der Waals surface area contributed by atoms with E-state index >= 15 is 0 Å². The third-order valence-electron chi connectivity index (χ3n) is 6.78. The number of rotatable bonds is 7. The van der Waals surface area contributed by atoms with Crippen molar-refractivity contribution in [3.05, 3.63) is 53.1 Å². The number of nitrogens with zero attached hydrogens (tertiary/aromatic N) is 1. The fourth-order valence-electron chi connectivity index (χ4n) is 4.58. The molecule has 8 nitrogen and oxygen atoms in total. The number of carbonyl (C=O) groups is 2. The average Bonchev–Trinajstić information content (AvgIpc) is 3.63. The Kier molecular flexibility index (Phi) is 6.03. The van der Waals surface area contributed by atoms with Crippen LogP contribution < -0.4 is 10.1 Å². The number of piperidine rings is 1. The first kappa shape index (κ1) is 23.1. The van der Waals surface area contributed by atoms with Gasteiger partial charge in [0.05, 0.1) is 11.3 Å². The van der Waals surface area contributed by atoms with Crippen LogP contribution in [0, 0.1) is 5.92 Å². The van der Waals surface area contributed by atoms with Gasteiger partial charge in [-0.1, -0.05) is 11.6 Å². The van der Waals surface area contributed by atoms with Gasteiger partial charge in [0.25, 0.3) is 0 Å². The van der Waals surface area contributed by atoms with Crippen molar-refractivity contribution in [3.8, 4) is 5.75 Å². The first-order chi connectivity index (χ1) is 16.3. The molecule has 1 saturated heterocycles. The van der Waals surface area contributed by atoms with Crippen LogP contribution in [0.3, 0.4) is 0 Å². The Morgan fingerprint density at radius 1 is 1.12 bits per heavy atom. The van der Waals surface area contributed by atoms with Crippen molar-refractivity contribution in [1.82, 2.24) is 4.90 Å². The molecule has 3 aliphatic rings. The standard InChI is InChI=1S/C24H25ClN2O6S/c25-17-3-8-21-20(15-17)24(23(29)26-21)9-11-27(12-10-24)13-14-32-18-4-6-19(7-5-18)34(30,31)33-22(28)16-1-2-16/h3-8,15-16H,1-2,9-14H2,(H,26,29). The van der Waals surface area contributed by atoms with E-state index in [4.69, 9.17) is 16.3 Å². The molecule has 1 amide bonds. The number of anilines is 1. The van der Waals surface area contributed by atoms with Gasteiger partial charge in [0, 0.05) is 17.3 Å². The van der Waals surface area contributed by atoms with Crippen molar-refractivity contribution in [3.63, 3.8) is 0 Å². The molecule has 2 heterocycles. The lowest BCUT2D eigenvalue weighted by Gasteiger charge is -2.37. The van der Waals surface area contributed by atoms with Crippen LogP contribution in [0.25, 0.3) is 0 Å². The number of carbonyl (C=O) groups excluding carboxylic acids is 2. The van der Waals surface area contributed by atoms with Crippen LogP contribution in [0.5, 0.6) is 5.75 Å². The van der Waals surface area contributed by atoms with Crippen molar-refractivity contribution in [2.45, 2.75) is 36.0 Å². The van der Waals surface area contributed by atoms with Gasteiger partial charge in [0.15, 0.2) is 0 Å². The highest BCUT2D eigenvalue weighted by atomic mass is 35.5. The maximum absolute atomic E-state index is 12.8. The molecule has 2 aliphatic heterocycles. The van der Waals surface area contributed by atoms with Gasteiger partial charge in [-0.25, -0.2) is 0 Å². The highest BCUT2D eigenvalue weighted by Gasteiger charge is 2.48. The highest BCUT2D eigenvalue weighted by Crippen LogP contribution is 2.45. The number of nitrogens with one attached hydrogen (secondary N) is 1. The number of likely N-dealkylation sites (tertiary alicyclic amines) is 1. The zero-order valence-corrected chi connectivity index (χ0v) is 20.0. The van der Waals surface area contributed by atoms with E-state index in [-0.39, 0.29) is 16.7 Å². The predicted octanol–water partition coefficient (Wildman–Crippen LogP) is 3.35. The molecule has 1 aliphatic carbocycles. The van der Waals surface area contributed by atoms with Crippen LogP contribution in [-0.2, 0) is 29.3 Å². The smallest absolute Gasteiger partial charge is 0.341 e. The van der Waals surface area contributed by atoms with Crippen LogP contribution >= 0.6 is 11.6 Å². The quantitative estimate of drug-likeness (QED) is 0.577. The zero-order chi connectivity index (χ0) is 23.9. The largest absolute Gasteiger partial charge is 0.492 e. The Morgan fingerprint density at radius 2 is 1.82 bits per heavy atom.